The second-order valence-corrected chi connectivity index (χ2v) is 4.71. The van der Waals surface area contributed by atoms with Crippen LogP contribution >= 0.6 is 11.6 Å². The van der Waals surface area contributed by atoms with Crippen LogP contribution in [0.15, 0.2) is 42.5 Å². The largest absolute Gasteiger partial charge is 0.492 e. The topological polar surface area (TPSA) is 46.5 Å². The Kier molecular flexibility index (Phi) is 4.64. The molecule has 1 N–H and O–H groups in total. The summed E-state index contributed by atoms with van der Waals surface area (Å²) in [5.41, 5.74) is 1.92. The van der Waals surface area contributed by atoms with Gasteiger partial charge in [-0.15, -0.1) is 0 Å². The summed E-state index contributed by atoms with van der Waals surface area (Å²) in [5.74, 6) is -0.308. The third-order valence-corrected chi connectivity index (χ3v) is 3.26. The van der Waals surface area contributed by atoms with Gasteiger partial charge < -0.3 is 9.84 Å². The SMILES string of the molecule is CCOc1c(Cl)cccc1Cc1ccccc1C(=O)O. The highest BCUT2D eigenvalue weighted by Gasteiger charge is 2.13. The predicted octanol–water partition coefficient (Wildman–Crippen LogP) is 4.03. The van der Waals surface area contributed by atoms with Crippen LogP contribution in [0.3, 0.4) is 0 Å². The number of rotatable bonds is 5. The lowest BCUT2D eigenvalue weighted by molar-refractivity contribution is 0.0696. The van der Waals surface area contributed by atoms with Crippen LogP contribution in [0.25, 0.3) is 0 Å². The van der Waals surface area contributed by atoms with E-state index in [0.29, 0.717) is 29.4 Å². The molecule has 0 aliphatic rings. The van der Waals surface area contributed by atoms with Gasteiger partial charge in [-0.2, -0.15) is 0 Å². The Morgan fingerprint density at radius 2 is 1.85 bits per heavy atom. The maximum Gasteiger partial charge on any atom is 0.335 e. The Morgan fingerprint density at radius 1 is 1.15 bits per heavy atom. The van der Waals surface area contributed by atoms with Gasteiger partial charge in [0.1, 0.15) is 5.75 Å². The molecule has 0 atom stereocenters. The smallest absolute Gasteiger partial charge is 0.335 e. The van der Waals surface area contributed by atoms with Crippen LogP contribution in [-0.2, 0) is 6.42 Å². The second kappa shape index (κ2) is 6.44. The number of halogens is 1. The summed E-state index contributed by atoms with van der Waals surface area (Å²) in [7, 11) is 0. The molecule has 0 heterocycles. The summed E-state index contributed by atoms with van der Waals surface area (Å²) < 4.78 is 5.56. The van der Waals surface area contributed by atoms with Crippen molar-refractivity contribution in [2.24, 2.45) is 0 Å². The Morgan fingerprint density at radius 3 is 2.55 bits per heavy atom. The van der Waals surface area contributed by atoms with Gasteiger partial charge in [0.2, 0.25) is 0 Å². The van der Waals surface area contributed by atoms with Crippen molar-refractivity contribution in [2.45, 2.75) is 13.3 Å². The van der Waals surface area contributed by atoms with E-state index in [1.165, 1.54) is 0 Å². The van der Waals surface area contributed by atoms with Gasteiger partial charge in [-0.3, -0.25) is 0 Å². The average Bonchev–Trinajstić information content (AvgIpc) is 2.43. The Hall–Kier alpha value is -2.00. The number of hydrogen-bond acceptors (Lipinski definition) is 2. The van der Waals surface area contributed by atoms with Crippen LogP contribution in [0.1, 0.15) is 28.4 Å². The number of aromatic carboxylic acids is 1. The standard InChI is InChI=1S/C16H15ClO3/c1-2-20-15-12(7-5-9-14(15)17)10-11-6-3-4-8-13(11)16(18)19/h3-9H,2,10H2,1H3,(H,18,19). The van der Waals surface area contributed by atoms with Crippen LogP contribution in [0.2, 0.25) is 5.02 Å². The van der Waals surface area contributed by atoms with Crippen LogP contribution < -0.4 is 4.74 Å². The van der Waals surface area contributed by atoms with E-state index in [9.17, 15) is 9.90 Å². The van der Waals surface area contributed by atoms with Crippen molar-refractivity contribution < 1.29 is 14.6 Å². The number of carboxylic acid groups (broad SMARTS) is 1. The van der Waals surface area contributed by atoms with E-state index in [4.69, 9.17) is 16.3 Å². The molecule has 104 valence electrons. The minimum atomic E-state index is -0.930. The average molecular weight is 291 g/mol. The number of hydrogen-bond donors (Lipinski definition) is 1. The Balaban J connectivity index is 2.40. The van der Waals surface area contributed by atoms with Gasteiger partial charge >= 0.3 is 5.97 Å². The lowest BCUT2D eigenvalue weighted by atomic mass is 9.99. The van der Waals surface area contributed by atoms with Gasteiger partial charge in [-0.05, 0) is 24.6 Å². The van der Waals surface area contributed by atoms with Gasteiger partial charge in [0.05, 0.1) is 17.2 Å². The molecule has 0 amide bonds. The molecule has 0 spiro atoms. The number of benzene rings is 2. The fraction of sp³-hybridized carbons (Fsp3) is 0.188. The summed E-state index contributed by atoms with van der Waals surface area (Å²) in [5, 5.41) is 9.75. The summed E-state index contributed by atoms with van der Waals surface area (Å²) in [6, 6.07) is 12.4. The van der Waals surface area contributed by atoms with Crippen molar-refractivity contribution in [1.82, 2.24) is 0 Å². The van der Waals surface area contributed by atoms with Crippen LogP contribution in [0.5, 0.6) is 5.75 Å². The van der Waals surface area contributed by atoms with Crippen molar-refractivity contribution in [3.05, 3.63) is 64.2 Å². The summed E-state index contributed by atoms with van der Waals surface area (Å²) in [6.45, 7) is 2.40. The van der Waals surface area contributed by atoms with E-state index in [1.54, 1.807) is 24.3 Å². The molecule has 0 aliphatic heterocycles. The van der Waals surface area contributed by atoms with Crippen LogP contribution in [-0.4, -0.2) is 17.7 Å². The maximum atomic E-state index is 11.2. The molecule has 0 saturated carbocycles. The van der Waals surface area contributed by atoms with Crippen molar-refractivity contribution in [3.63, 3.8) is 0 Å². The molecule has 2 rings (SSSR count). The minimum absolute atomic E-state index is 0.301. The molecule has 0 aromatic heterocycles. The zero-order chi connectivity index (χ0) is 14.5. The highest BCUT2D eigenvalue weighted by atomic mass is 35.5. The second-order valence-electron chi connectivity index (χ2n) is 4.30. The predicted molar refractivity (Wildman–Crippen MR) is 78.8 cm³/mol. The third-order valence-electron chi connectivity index (χ3n) is 2.97. The van der Waals surface area contributed by atoms with Gasteiger partial charge in [-0.25, -0.2) is 4.79 Å². The van der Waals surface area contributed by atoms with E-state index < -0.39 is 5.97 Å². The van der Waals surface area contributed by atoms with E-state index in [-0.39, 0.29) is 0 Å². The normalized spacial score (nSPS) is 10.3. The van der Waals surface area contributed by atoms with E-state index >= 15 is 0 Å². The van der Waals surface area contributed by atoms with E-state index in [0.717, 1.165) is 11.1 Å². The number of para-hydroxylation sites is 1. The number of ether oxygens (including phenoxy) is 1. The van der Waals surface area contributed by atoms with Gasteiger partial charge in [0, 0.05) is 12.0 Å². The monoisotopic (exact) mass is 290 g/mol. The fourth-order valence-electron chi connectivity index (χ4n) is 2.09. The Bertz CT molecular complexity index is 623. The molecule has 4 heteroatoms. The number of carboxylic acids is 1. The molecule has 20 heavy (non-hydrogen) atoms. The minimum Gasteiger partial charge on any atom is -0.492 e. The van der Waals surface area contributed by atoms with Crippen molar-refractivity contribution in [1.29, 1.82) is 0 Å². The van der Waals surface area contributed by atoms with Crippen LogP contribution in [0, 0.1) is 0 Å². The van der Waals surface area contributed by atoms with Crippen molar-refractivity contribution >= 4 is 17.6 Å². The first-order valence-corrected chi connectivity index (χ1v) is 6.72. The quantitative estimate of drug-likeness (QED) is 0.904. The Labute approximate surface area is 122 Å². The molecule has 0 unspecified atom stereocenters. The summed E-state index contributed by atoms with van der Waals surface area (Å²) in [6.07, 6.45) is 0.471. The van der Waals surface area contributed by atoms with Gasteiger partial charge in [0.25, 0.3) is 0 Å². The molecule has 0 fully saturated rings. The molecule has 3 nitrogen and oxygen atoms in total. The molecule has 0 radical (unpaired) electrons. The van der Waals surface area contributed by atoms with E-state index in [1.807, 2.05) is 25.1 Å². The van der Waals surface area contributed by atoms with E-state index in [2.05, 4.69) is 0 Å². The molecule has 0 saturated heterocycles. The first-order chi connectivity index (χ1) is 9.63. The summed E-state index contributed by atoms with van der Waals surface area (Å²) >= 11 is 6.14. The lowest BCUT2D eigenvalue weighted by Gasteiger charge is -2.13. The van der Waals surface area contributed by atoms with Crippen molar-refractivity contribution in [3.8, 4) is 5.75 Å². The first kappa shape index (κ1) is 14.4. The maximum absolute atomic E-state index is 11.2. The lowest BCUT2D eigenvalue weighted by Crippen LogP contribution is -2.04. The molecule has 0 bridgehead atoms. The highest BCUT2D eigenvalue weighted by Crippen LogP contribution is 2.31. The molecule has 0 aliphatic carbocycles. The van der Waals surface area contributed by atoms with Crippen molar-refractivity contribution in [2.75, 3.05) is 6.61 Å². The van der Waals surface area contributed by atoms with Gasteiger partial charge in [0.15, 0.2) is 0 Å². The fourth-order valence-corrected chi connectivity index (χ4v) is 2.34. The molecular formula is C16H15ClO3. The molecular weight excluding hydrogens is 276 g/mol. The number of carbonyl (C=O) groups is 1. The third kappa shape index (κ3) is 3.11. The zero-order valence-corrected chi connectivity index (χ0v) is 11.9. The molecule has 2 aromatic rings. The zero-order valence-electron chi connectivity index (χ0n) is 11.1. The summed E-state index contributed by atoms with van der Waals surface area (Å²) in [4.78, 5) is 11.2. The molecule has 2 aromatic carbocycles. The van der Waals surface area contributed by atoms with Gasteiger partial charge in [-0.1, -0.05) is 41.9 Å². The highest BCUT2D eigenvalue weighted by molar-refractivity contribution is 6.32. The van der Waals surface area contributed by atoms with Crippen LogP contribution in [0.4, 0.5) is 0 Å². The first-order valence-electron chi connectivity index (χ1n) is 6.35.